The molecule has 0 heterocycles. The van der Waals surface area contributed by atoms with Gasteiger partial charge >= 0.3 is 20.8 Å². The molecule has 0 aromatic heterocycles. The summed E-state index contributed by atoms with van der Waals surface area (Å²) >= 11 is 0. The van der Waals surface area contributed by atoms with E-state index < -0.39 is 40.1 Å². The minimum Gasteiger partial charge on any atom is -0.328 e. The number of hydrogen-bond acceptors (Lipinski definition) is 7. The topological polar surface area (TPSA) is 153 Å². The second-order valence-electron chi connectivity index (χ2n) is 2.09. The van der Waals surface area contributed by atoms with Crippen molar-refractivity contribution < 1.29 is 34.3 Å². The van der Waals surface area contributed by atoms with Crippen LogP contribution in [0.25, 0.3) is 0 Å². The molecule has 0 saturated heterocycles. The average Bonchev–Trinajstić information content (AvgIpc) is 1.94. The van der Waals surface area contributed by atoms with Crippen LogP contribution >= 0.6 is 0 Å². The Morgan fingerprint density at radius 3 is 1.93 bits per heavy atom. The van der Waals surface area contributed by atoms with E-state index >= 15 is 0 Å². The summed E-state index contributed by atoms with van der Waals surface area (Å²) in [6, 6.07) is 0. The van der Waals surface area contributed by atoms with Crippen molar-refractivity contribution in [3.05, 3.63) is 0 Å². The van der Waals surface area contributed by atoms with Crippen molar-refractivity contribution in [2.75, 3.05) is 13.2 Å². The molecule has 0 aromatic carbocycles. The Balaban J connectivity index is 4.19. The van der Waals surface area contributed by atoms with Crippen LogP contribution in [0.2, 0.25) is 0 Å². The molecule has 0 radical (unpaired) electrons. The quantitative estimate of drug-likeness (QED) is 0.452. The average molecular weight is 251 g/mol. The molecular weight excluding hydrogens is 242 g/mol. The van der Waals surface area contributed by atoms with Crippen molar-refractivity contribution in [1.82, 2.24) is 0 Å². The summed E-state index contributed by atoms with van der Waals surface area (Å²) in [6.45, 7) is -1.25. The molecule has 0 aliphatic carbocycles. The molecule has 0 aliphatic rings. The molecule has 1 unspecified atom stereocenters. The summed E-state index contributed by atoms with van der Waals surface area (Å²) < 4.78 is 64.3. The second kappa shape index (κ2) is 4.97. The van der Waals surface area contributed by atoms with Crippen LogP contribution in [-0.4, -0.2) is 45.2 Å². The molecule has 4 N–H and O–H groups in total. The van der Waals surface area contributed by atoms with Gasteiger partial charge in [0.1, 0.15) is 6.10 Å². The Morgan fingerprint density at radius 2 is 1.64 bits per heavy atom. The summed E-state index contributed by atoms with van der Waals surface area (Å²) in [6.07, 6.45) is -1.40. The third-order valence-corrected chi connectivity index (χ3v) is 1.87. The maximum absolute atomic E-state index is 10.1. The van der Waals surface area contributed by atoms with Crippen molar-refractivity contribution in [3.63, 3.8) is 0 Å². The van der Waals surface area contributed by atoms with E-state index in [4.69, 9.17) is 14.8 Å². The van der Waals surface area contributed by atoms with E-state index in [0.29, 0.717) is 0 Å². The highest BCUT2D eigenvalue weighted by molar-refractivity contribution is 7.81. The first kappa shape index (κ1) is 13.7. The molecule has 0 bridgehead atoms. The van der Waals surface area contributed by atoms with Crippen LogP contribution in [0.5, 0.6) is 0 Å². The lowest BCUT2D eigenvalue weighted by Gasteiger charge is -2.11. The first-order valence-electron chi connectivity index (χ1n) is 3.11. The van der Waals surface area contributed by atoms with Gasteiger partial charge in [0, 0.05) is 6.54 Å². The molecule has 0 amide bonds. The second-order valence-corrected chi connectivity index (χ2v) is 4.23. The highest BCUT2D eigenvalue weighted by Crippen LogP contribution is 1.99. The van der Waals surface area contributed by atoms with Crippen LogP contribution in [0.4, 0.5) is 0 Å². The Morgan fingerprint density at radius 1 is 1.14 bits per heavy atom. The van der Waals surface area contributed by atoms with Crippen LogP contribution in [0.1, 0.15) is 0 Å². The van der Waals surface area contributed by atoms with E-state index in [1.165, 1.54) is 0 Å². The van der Waals surface area contributed by atoms with E-state index in [9.17, 15) is 16.8 Å². The maximum atomic E-state index is 10.1. The fourth-order valence-corrected chi connectivity index (χ4v) is 1.27. The van der Waals surface area contributed by atoms with Crippen molar-refractivity contribution in [3.8, 4) is 0 Å². The zero-order valence-corrected chi connectivity index (χ0v) is 8.36. The first-order chi connectivity index (χ1) is 6.14. The van der Waals surface area contributed by atoms with Crippen molar-refractivity contribution >= 4 is 20.8 Å². The molecule has 0 fully saturated rings. The molecule has 0 saturated carbocycles. The highest BCUT2D eigenvalue weighted by atomic mass is 32.3. The van der Waals surface area contributed by atoms with Crippen LogP contribution in [0.3, 0.4) is 0 Å². The summed E-state index contributed by atoms with van der Waals surface area (Å²) in [5.74, 6) is 0. The molecule has 9 nitrogen and oxygen atoms in total. The summed E-state index contributed by atoms with van der Waals surface area (Å²) in [7, 11) is -9.44. The van der Waals surface area contributed by atoms with Gasteiger partial charge in [0.05, 0.1) is 6.61 Å². The van der Waals surface area contributed by atoms with Gasteiger partial charge in [-0.1, -0.05) is 0 Å². The van der Waals surface area contributed by atoms with Crippen LogP contribution in [0, 0.1) is 0 Å². The van der Waals surface area contributed by atoms with Crippen molar-refractivity contribution in [1.29, 1.82) is 0 Å². The predicted octanol–water partition coefficient (Wildman–Crippen LogP) is -2.05. The summed E-state index contributed by atoms with van der Waals surface area (Å²) in [4.78, 5) is 0. The van der Waals surface area contributed by atoms with Gasteiger partial charge in [-0.25, -0.2) is 8.37 Å². The first-order valence-corrected chi connectivity index (χ1v) is 5.84. The van der Waals surface area contributed by atoms with Gasteiger partial charge in [-0.3, -0.25) is 9.11 Å². The van der Waals surface area contributed by atoms with E-state index in [2.05, 4.69) is 8.37 Å². The molecule has 0 rings (SSSR count). The number of nitrogens with two attached hydrogens (primary N) is 1. The fraction of sp³-hybridized carbons (Fsp3) is 1.00. The third-order valence-electron chi connectivity index (χ3n) is 0.923. The van der Waals surface area contributed by atoms with Crippen molar-refractivity contribution in [2.45, 2.75) is 6.10 Å². The molecule has 0 aliphatic heterocycles. The number of hydrogen-bond donors (Lipinski definition) is 3. The van der Waals surface area contributed by atoms with Crippen LogP contribution < -0.4 is 5.73 Å². The lowest BCUT2D eigenvalue weighted by Crippen LogP contribution is -2.32. The van der Waals surface area contributed by atoms with E-state index in [1.54, 1.807) is 0 Å². The Kier molecular flexibility index (Phi) is 4.87. The van der Waals surface area contributed by atoms with Crippen LogP contribution in [-0.2, 0) is 29.2 Å². The van der Waals surface area contributed by atoms with E-state index in [-0.39, 0.29) is 0 Å². The SMILES string of the molecule is NCC(COS(=O)(=O)O)OS(=O)(=O)O. The normalized spacial score (nSPS) is 15.4. The van der Waals surface area contributed by atoms with Crippen LogP contribution in [0.15, 0.2) is 0 Å². The predicted molar refractivity (Wildman–Crippen MR) is 43.0 cm³/mol. The minimum atomic E-state index is -4.74. The molecule has 0 aromatic rings. The Bertz CT molecular complexity index is 356. The van der Waals surface area contributed by atoms with E-state index in [0.717, 1.165) is 0 Å². The maximum Gasteiger partial charge on any atom is 0.397 e. The molecule has 14 heavy (non-hydrogen) atoms. The molecule has 0 spiro atoms. The summed E-state index contributed by atoms with van der Waals surface area (Å²) in [5.41, 5.74) is 4.95. The third kappa shape index (κ3) is 8.31. The molecule has 86 valence electrons. The Hall–Kier alpha value is -0.300. The van der Waals surface area contributed by atoms with Gasteiger partial charge in [-0.15, -0.1) is 0 Å². The molecule has 1 atom stereocenters. The standard InChI is InChI=1S/C3H9NO8S2/c4-1-3(12-14(8,9)10)2-11-13(5,6)7/h3H,1-2,4H2,(H,5,6,7)(H,8,9,10). The lowest BCUT2D eigenvalue weighted by atomic mass is 10.4. The van der Waals surface area contributed by atoms with Gasteiger partial charge in [0.2, 0.25) is 0 Å². The lowest BCUT2D eigenvalue weighted by molar-refractivity contribution is 0.120. The van der Waals surface area contributed by atoms with Gasteiger partial charge in [0.25, 0.3) is 0 Å². The smallest absolute Gasteiger partial charge is 0.328 e. The zero-order valence-electron chi connectivity index (χ0n) is 6.73. The fourth-order valence-electron chi connectivity index (χ4n) is 0.469. The minimum absolute atomic E-state index is 0.421. The van der Waals surface area contributed by atoms with Gasteiger partial charge < -0.3 is 5.73 Å². The molecule has 11 heteroatoms. The number of rotatable bonds is 6. The van der Waals surface area contributed by atoms with Gasteiger partial charge in [0.15, 0.2) is 0 Å². The van der Waals surface area contributed by atoms with Gasteiger partial charge in [-0.05, 0) is 0 Å². The zero-order chi connectivity index (χ0) is 11.4. The Labute approximate surface area is 80.7 Å². The van der Waals surface area contributed by atoms with Gasteiger partial charge in [-0.2, -0.15) is 16.8 Å². The van der Waals surface area contributed by atoms with Crippen molar-refractivity contribution in [2.24, 2.45) is 5.73 Å². The van der Waals surface area contributed by atoms with E-state index in [1.807, 2.05) is 0 Å². The largest absolute Gasteiger partial charge is 0.397 e. The monoisotopic (exact) mass is 251 g/mol. The summed E-state index contributed by atoms with van der Waals surface area (Å²) in [5, 5.41) is 0. The molecular formula is C3H9NO8S2. The highest BCUT2D eigenvalue weighted by Gasteiger charge is 2.18.